The summed E-state index contributed by atoms with van der Waals surface area (Å²) in [5.41, 5.74) is 3.92. The van der Waals surface area contributed by atoms with Crippen molar-refractivity contribution in [3.05, 3.63) is 95.7 Å². The third-order valence-corrected chi connectivity index (χ3v) is 5.36. The molecule has 0 fully saturated rings. The van der Waals surface area contributed by atoms with Crippen molar-refractivity contribution in [2.75, 3.05) is 5.32 Å². The quantitative estimate of drug-likeness (QED) is 0.370. The van der Waals surface area contributed by atoms with Gasteiger partial charge in [0.25, 0.3) is 0 Å². The fourth-order valence-corrected chi connectivity index (χ4v) is 3.77. The molecule has 3 aromatic carbocycles. The molecule has 7 nitrogen and oxygen atoms in total. The van der Waals surface area contributed by atoms with Gasteiger partial charge in [0.15, 0.2) is 0 Å². The monoisotopic (exact) mass is 452 g/mol. The van der Waals surface area contributed by atoms with Crippen molar-refractivity contribution >= 4 is 28.4 Å². The predicted molar refractivity (Wildman–Crippen MR) is 130 cm³/mol. The molecule has 4 aromatic rings. The summed E-state index contributed by atoms with van der Waals surface area (Å²) in [7, 11) is 0. The number of H-pyrrole nitrogens is 1. The van der Waals surface area contributed by atoms with Gasteiger partial charge in [-0.15, -0.1) is 0 Å². The summed E-state index contributed by atoms with van der Waals surface area (Å²) in [6.07, 6.45) is 2.21. The van der Waals surface area contributed by atoms with E-state index in [2.05, 4.69) is 21.7 Å². The number of nitrogens with one attached hydrogen (secondary N) is 3. The number of amides is 2. The number of para-hydroxylation sites is 1. The standard InChI is InChI=1S/C27H24N4O3/c1-18(32)30-26(13-21-16-29-25-11-3-2-10-24(21)25)27(33)31-22-8-5-9-23(14-22)34-17-20-7-4-6-19(12-20)15-28/h2-12,14,16,26,29H,13,17H2,1H3,(H,30,32)(H,31,33). The van der Waals surface area contributed by atoms with Crippen molar-refractivity contribution in [3.63, 3.8) is 0 Å². The molecule has 0 saturated heterocycles. The molecular weight excluding hydrogens is 428 g/mol. The second-order valence-corrected chi connectivity index (χ2v) is 7.93. The zero-order valence-corrected chi connectivity index (χ0v) is 18.7. The number of aromatic nitrogens is 1. The molecule has 0 aliphatic heterocycles. The van der Waals surface area contributed by atoms with E-state index in [1.54, 1.807) is 36.4 Å². The zero-order valence-electron chi connectivity index (χ0n) is 18.7. The Balaban J connectivity index is 1.45. The number of hydrogen-bond donors (Lipinski definition) is 3. The van der Waals surface area contributed by atoms with Crippen LogP contribution >= 0.6 is 0 Å². The number of benzene rings is 3. The SMILES string of the molecule is CC(=O)NC(Cc1c[nH]c2ccccc12)C(=O)Nc1cccc(OCc2cccc(C#N)c2)c1. The Hall–Kier alpha value is -4.57. The third-order valence-electron chi connectivity index (χ3n) is 5.36. The average Bonchev–Trinajstić information content (AvgIpc) is 3.25. The molecule has 1 unspecified atom stereocenters. The number of fused-ring (bicyclic) bond motifs is 1. The van der Waals surface area contributed by atoms with E-state index in [0.29, 0.717) is 30.0 Å². The molecule has 170 valence electrons. The first-order valence-corrected chi connectivity index (χ1v) is 10.9. The summed E-state index contributed by atoms with van der Waals surface area (Å²) in [6.45, 7) is 1.69. The summed E-state index contributed by atoms with van der Waals surface area (Å²) < 4.78 is 5.84. The van der Waals surface area contributed by atoms with Crippen molar-refractivity contribution in [2.45, 2.75) is 26.0 Å². The van der Waals surface area contributed by atoms with Gasteiger partial charge in [-0.25, -0.2) is 0 Å². The first kappa shape index (κ1) is 22.6. The van der Waals surface area contributed by atoms with E-state index >= 15 is 0 Å². The summed E-state index contributed by atoms with van der Waals surface area (Å²) in [4.78, 5) is 28.0. The highest BCUT2D eigenvalue weighted by atomic mass is 16.5. The third kappa shape index (κ3) is 5.61. The van der Waals surface area contributed by atoms with Crippen molar-refractivity contribution in [3.8, 4) is 11.8 Å². The van der Waals surface area contributed by atoms with Crippen LogP contribution in [0.15, 0.2) is 79.0 Å². The minimum atomic E-state index is -0.741. The Morgan fingerprint density at radius 1 is 1.06 bits per heavy atom. The first-order chi connectivity index (χ1) is 16.5. The highest BCUT2D eigenvalue weighted by Gasteiger charge is 2.21. The smallest absolute Gasteiger partial charge is 0.247 e. The Bertz CT molecular complexity index is 1370. The number of aromatic amines is 1. The van der Waals surface area contributed by atoms with E-state index in [1.165, 1.54) is 6.92 Å². The van der Waals surface area contributed by atoms with Crippen molar-refractivity contribution in [1.82, 2.24) is 10.3 Å². The van der Waals surface area contributed by atoms with Crippen LogP contribution in [0.5, 0.6) is 5.75 Å². The van der Waals surface area contributed by atoms with Crippen LogP contribution < -0.4 is 15.4 Å². The summed E-state index contributed by atoms with van der Waals surface area (Å²) in [5, 5.41) is 15.7. The predicted octanol–water partition coefficient (Wildman–Crippen LogP) is 4.30. The lowest BCUT2D eigenvalue weighted by molar-refractivity contribution is -0.125. The molecule has 0 radical (unpaired) electrons. The number of carbonyl (C=O) groups is 2. The van der Waals surface area contributed by atoms with Crippen LogP contribution in [-0.2, 0) is 22.6 Å². The molecule has 4 rings (SSSR count). The molecular formula is C27H24N4O3. The molecule has 2 amide bonds. The molecule has 0 aliphatic rings. The molecule has 1 heterocycles. The largest absolute Gasteiger partial charge is 0.489 e. The van der Waals surface area contributed by atoms with Crippen LogP contribution in [0, 0.1) is 11.3 Å². The van der Waals surface area contributed by atoms with Crippen LogP contribution in [0.1, 0.15) is 23.6 Å². The lowest BCUT2D eigenvalue weighted by Gasteiger charge is -2.18. The van der Waals surface area contributed by atoms with Gasteiger partial charge in [0.2, 0.25) is 11.8 Å². The first-order valence-electron chi connectivity index (χ1n) is 10.9. The van der Waals surface area contributed by atoms with Crippen LogP contribution in [0.25, 0.3) is 10.9 Å². The maximum Gasteiger partial charge on any atom is 0.247 e. The molecule has 3 N–H and O–H groups in total. The van der Waals surface area contributed by atoms with E-state index in [-0.39, 0.29) is 11.8 Å². The number of carbonyl (C=O) groups excluding carboxylic acids is 2. The molecule has 1 aromatic heterocycles. The number of hydrogen-bond acceptors (Lipinski definition) is 4. The topological polar surface area (TPSA) is 107 Å². The fourth-order valence-electron chi connectivity index (χ4n) is 3.77. The van der Waals surface area contributed by atoms with Gasteiger partial charge in [-0.05, 0) is 41.5 Å². The van der Waals surface area contributed by atoms with E-state index in [9.17, 15) is 9.59 Å². The van der Waals surface area contributed by atoms with E-state index in [1.807, 2.05) is 42.6 Å². The Morgan fingerprint density at radius 2 is 1.88 bits per heavy atom. The lowest BCUT2D eigenvalue weighted by Crippen LogP contribution is -2.44. The van der Waals surface area contributed by atoms with Crippen molar-refractivity contribution < 1.29 is 14.3 Å². The fraction of sp³-hybridized carbons (Fsp3) is 0.148. The second-order valence-electron chi connectivity index (χ2n) is 7.93. The highest BCUT2D eigenvalue weighted by molar-refractivity contribution is 5.97. The van der Waals surface area contributed by atoms with Gasteiger partial charge in [0.05, 0.1) is 11.6 Å². The van der Waals surface area contributed by atoms with Gasteiger partial charge < -0.3 is 20.4 Å². The second kappa shape index (κ2) is 10.4. The van der Waals surface area contributed by atoms with E-state index in [4.69, 9.17) is 10.00 Å². The van der Waals surface area contributed by atoms with Crippen LogP contribution in [-0.4, -0.2) is 22.8 Å². The van der Waals surface area contributed by atoms with Crippen molar-refractivity contribution in [1.29, 1.82) is 5.26 Å². The summed E-state index contributed by atoms with van der Waals surface area (Å²) in [6, 6.07) is 23.5. The number of nitrogens with zero attached hydrogens (tertiary/aromatic N) is 1. The summed E-state index contributed by atoms with van der Waals surface area (Å²) >= 11 is 0. The van der Waals surface area contributed by atoms with Gasteiger partial charge in [0.1, 0.15) is 18.4 Å². The van der Waals surface area contributed by atoms with Gasteiger partial charge >= 0.3 is 0 Å². The zero-order chi connectivity index (χ0) is 23.9. The Kier molecular flexibility index (Phi) is 6.89. The lowest BCUT2D eigenvalue weighted by atomic mass is 10.0. The van der Waals surface area contributed by atoms with Crippen LogP contribution in [0.2, 0.25) is 0 Å². The molecule has 7 heteroatoms. The molecule has 0 spiro atoms. The van der Waals surface area contributed by atoms with E-state index in [0.717, 1.165) is 22.0 Å². The number of ether oxygens (including phenoxy) is 1. The normalized spacial score (nSPS) is 11.4. The van der Waals surface area contributed by atoms with Crippen molar-refractivity contribution in [2.24, 2.45) is 0 Å². The maximum absolute atomic E-state index is 13.1. The molecule has 0 bridgehead atoms. The van der Waals surface area contributed by atoms with Gasteiger partial charge in [-0.1, -0.05) is 36.4 Å². The molecule has 0 saturated carbocycles. The highest BCUT2D eigenvalue weighted by Crippen LogP contribution is 2.21. The number of anilines is 1. The van der Waals surface area contributed by atoms with Crippen LogP contribution in [0.3, 0.4) is 0 Å². The van der Waals surface area contributed by atoms with Gasteiger partial charge in [-0.2, -0.15) is 5.26 Å². The summed E-state index contributed by atoms with van der Waals surface area (Å²) in [5.74, 6) is -0.0242. The molecule has 0 aliphatic carbocycles. The Morgan fingerprint density at radius 3 is 2.71 bits per heavy atom. The maximum atomic E-state index is 13.1. The van der Waals surface area contributed by atoms with E-state index < -0.39 is 6.04 Å². The minimum absolute atomic E-state index is 0.281. The van der Waals surface area contributed by atoms with Gasteiger partial charge in [0, 0.05) is 42.2 Å². The number of rotatable bonds is 8. The molecule has 1 atom stereocenters. The Labute approximate surface area is 197 Å². The molecule has 34 heavy (non-hydrogen) atoms. The minimum Gasteiger partial charge on any atom is -0.489 e. The number of nitriles is 1. The van der Waals surface area contributed by atoms with Crippen LogP contribution in [0.4, 0.5) is 5.69 Å². The van der Waals surface area contributed by atoms with Gasteiger partial charge in [-0.3, -0.25) is 9.59 Å². The average molecular weight is 453 g/mol.